The van der Waals surface area contributed by atoms with Crippen LogP contribution in [0.2, 0.25) is 0 Å². The fourth-order valence-electron chi connectivity index (χ4n) is 6.64. The van der Waals surface area contributed by atoms with Crippen molar-refractivity contribution in [1.82, 2.24) is 19.7 Å². The zero-order valence-electron chi connectivity index (χ0n) is 21.1. The van der Waals surface area contributed by atoms with Gasteiger partial charge in [-0.05, 0) is 48.9 Å². The number of rotatable bonds is 4. The predicted octanol–water partition coefficient (Wildman–Crippen LogP) is 3.85. The number of fused-ring (bicyclic) bond motifs is 2. The molecule has 6 rings (SSSR count). The van der Waals surface area contributed by atoms with Crippen LogP contribution in [0.1, 0.15) is 48.0 Å². The van der Waals surface area contributed by atoms with Crippen molar-refractivity contribution in [1.29, 1.82) is 0 Å². The van der Waals surface area contributed by atoms with Gasteiger partial charge in [0.15, 0.2) is 0 Å². The van der Waals surface area contributed by atoms with Gasteiger partial charge in [0.05, 0.1) is 6.42 Å². The van der Waals surface area contributed by atoms with Gasteiger partial charge in [-0.3, -0.25) is 14.4 Å². The van der Waals surface area contributed by atoms with Gasteiger partial charge in [-0.25, -0.2) is 0 Å². The van der Waals surface area contributed by atoms with Crippen LogP contribution >= 0.6 is 0 Å². The Balaban J connectivity index is 1.12. The van der Waals surface area contributed by atoms with Crippen LogP contribution in [-0.4, -0.2) is 75.7 Å². The Morgan fingerprint density at radius 3 is 2.35 bits per heavy atom. The Morgan fingerprint density at radius 2 is 1.54 bits per heavy atom. The molecule has 3 aromatic rings. The monoisotopic (exact) mass is 498 g/mol. The SMILES string of the molecule is O=C(Cc1c[nH]c2ccccc12)N1CCN(C(=O)C2CC3CCCCC3N2C(=O)c2ccccc2)CC1. The van der Waals surface area contributed by atoms with Crippen LogP contribution in [0.5, 0.6) is 0 Å². The van der Waals surface area contributed by atoms with Crippen LogP contribution in [-0.2, 0) is 16.0 Å². The average molecular weight is 499 g/mol. The molecule has 0 radical (unpaired) electrons. The number of likely N-dealkylation sites (tertiary alicyclic amines) is 1. The first-order valence-corrected chi connectivity index (χ1v) is 13.6. The Kier molecular flexibility index (Phi) is 6.45. The van der Waals surface area contributed by atoms with E-state index in [9.17, 15) is 14.4 Å². The maximum atomic E-state index is 13.8. The van der Waals surface area contributed by atoms with Crippen molar-refractivity contribution in [2.24, 2.45) is 5.92 Å². The number of nitrogens with zero attached hydrogens (tertiary/aromatic N) is 3. The van der Waals surface area contributed by atoms with Crippen LogP contribution in [0.15, 0.2) is 60.8 Å². The molecule has 1 N–H and O–H groups in total. The lowest BCUT2D eigenvalue weighted by molar-refractivity contribution is -0.141. The van der Waals surface area contributed by atoms with Crippen LogP contribution < -0.4 is 0 Å². The van der Waals surface area contributed by atoms with Gasteiger partial charge in [0.2, 0.25) is 11.8 Å². The van der Waals surface area contributed by atoms with Crippen molar-refractivity contribution in [3.05, 3.63) is 71.9 Å². The quantitative estimate of drug-likeness (QED) is 0.594. The zero-order chi connectivity index (χ0) is 25.4. The lowest BCUT2D eigenvalue weighted by Crippen LogP contribution is -2.56. The number of aromatic nitrogens is 1. The Labute approximate surface area is 217 Å². The summed E-state index contributed by atoms with van der Waals surface area (Å²) in [4.78, 5) is 49.3. The summed E-state index contributed by atoms with van der Waals surface area (Å²) in [6, 6.07) is 17.1. The average Bonchev–Trinajstić information content (AvgIpc) is 3.54. The number of benzene rings is 2. The van der Waals surface area contributed by atoms with E-state index in [1.165, 1.54) is 6.42 Å². The van der Waals surface area contributed by atoms with Crippen LogP contribution in [0.4, 0.5) is 0 Å². The first kappa shape index (κ1) is 23.8. The Hall–Kier alpha value is -3.61. The molecule has 1 saturated carbocycles. The second-order valence-electron chi connectivity index (χ2n) is 10.7. The van der Waals surface area contributed by atoms with Gasteiger partial charge in [-0.2, -0.15) is 0 Å². The number of aromatic amines is 1. The number of para-hydroxylation sites is 1. The second-order valence-corrected chi connectivity index (χ2v) is 10.7. The molecule has 3 heterocycles. The van der Waals surface area contributed by atoms with E-state index in [1.807, 2.05) is 75.5 Å². The van der Waals surface area contributed by atoms with Crippen LogP contribution in [0, 0.1) is 5.92 Å². The fourth-order valence-corrected chi connectivity index (χ4v) is 6.64. The topological polar surface area (TPSA) is 76.7 Å². The number of piperazine rings is 1. The number of hydrogen-bond acceptors (Lipinski definition) is 3. The number of H-pyrrole nitrogens is 1. The highest BCUT2D eigenvalue weighted by molar-refractivity contribution is 5.98. The summed E-state index contributed by atoms with van der Waals surface area (Å²) >= 11 is 0. The molecule has 1 aromatic heterocycles. The Bertz CT molecular complexity index is 1290. The molecule has 3 atom stereocenters. The molecule has 7 heteroatoms. The summed E-state index contributed by atoms with van der Waals surface area (Å²) < 4.78 is 0. The van der Waals surface area contributed by atoms with Crippen molar-refractivity contribution in [2.75, 3.05) is 26.2 Å². The van der Waals surface area contributed by atoms with Crippen LogP contribution in [0.25, 0.3) is 10.9 Å². The van der Waals surface area contributed by atoms with Gasteiger partial charge in [0.25, 0.3) is 5.91 Å². The molecule has 3 amide bonds. The molecule has 2 aromatic carbocycles. The number of carbonyl (C=O) groups excluding carboxylic acids is 3. The van der Waals surface area contributed by atoms with E-state index in [0.29, 0.717) is 44.1 Å². The molecule has 3 aliphatic rings. The molecule has 2 saturated heterocycles. The van der Waals surface area contributed by atoms with Gasteiger partial charge < -0.3 is 19.7 Å². The van der Waals surface area contributed by atoms with E-state index in [2.05, 4.69) is 4.98 Å². The van der Waals surface area contributed by atoms with E-state index in [0.717, 1.165) is 42.1 Å². The first-order valence-electron chi connectivity index (χ1n) is 13.6. The molecular weight excluding hydrogens is 464 g/mol. The highest BCUT2D eigenvalue weighted by Gasteiger charge is 2.48. The van der Waals surface area contributed by atoms with E-state index in [-0.39, 0.29) is 23.8 Å². The molecule has 192 valence electrons. The van der Waals surface area contributed by atoms with Crippen molar-refractivity contribution >= 4 is 28.6 Å². The van der Waals surface area contributed by atoms with Gasteiger partial charge in [0.1, 0.15) is 6.04 Å². The number of nitrogens with one attached hydrogen (secondary N) is 1. The summed E-state index contributed by atoms with van der Waals surface area (Å²) in [5, 5.41) is 1.08. The third kappa shape index (κ3) is 4.52. The molecule has 3 unspecified atom stereocenters. The minimum absolute atomic E-state index is 0.0270. The molecule has 2 aliphatic heterocycles. The number of carbonyl (C=O) groups is 3. The van der Waals surface area contributed by atoms with Crippen LogP contribution in [0.3, 0.4) is 0 Å². The molecule has 3 fully saturated rings. The molecule has 1 aliphatic carbocycles. The summed E-state index contributed by atoms with van der Waals surface area (Å²) in [7, 11) is 0. The number of amides is 3. The predicted molar refractivity (Wildman–Crippen MR) is 142 cm³/mol. The lowest BCUT2D eigenvalue weighted by atomic mass is 9.84. The molecule has 7 nitrogen and oxygen atoms in total. The van der Waals surface area contributed by atoms with Gasteiger partial charge in [0, 0.05) is 54.9 Å². The third-order valence-corrected chi connectivity index (χ3v) is 8.59. The summed E-state index contributed by atoms with van der Waals surface area (Å²) in [5.74, 6) is 0.502. The molecule has 0 spiro atoms. The van der Waals surface area contributed by atoms with E-state index in [4.69, 9.17) is 0 Å². The van der Waals surface area contributed by atoms with Gasteiger partial charge in [-0.1, -0.05) is 49.2 Å². The van der Waals surface area contributed by atoms with Gasteiger partial charge >= 0.3 is 0 Å². The highest BCUT2D eigenvalue weighted by Crippen LogP contribution is 2.41. The van der Waals surface area contributed by atoms with Gasteiger partial charge in [-0.15, -0.1) is 0 Å². The maximum absolute atomic E-state index is 13.8. The lowest BCUT2D eigenvalue weighted by Gasteiger charge is -2.38. The third-order valence-electron chi connectivity index (χ3n) is 8.59. The summed E-state index contributed by atoms with van der Waals surface area (Å²) in [5.41, 5.74) is 2.69. The maximum Gasteiger partial charge on any atom is 0.254 e. The second kappa shape index (κ2) is 10.0. The molecule has 0 bridgehead atoms. The van der Waals surface area contributed by atoms with Crippen molar-refractivity contribution in [3.8, 4) is 0 Å². The molecule has 37 heavy (non-hydrogen) atoms. The standard InChI is InChI=1S/C30H34N4O3/c35-28(19-23-20-31-25-12-6-5-11-24(23)25)32-14-16-33(17-15-32)30(37)27-18-22-10-4-7-13-26(22)34(27)29(36)21-8-2-1-3-9-21/h1-3,5-6,8-9,11-12,20,22,26-27,31H,4,7,10,13-19H2. The summed E-state index contributed by atoms with van der Waals surface area (Å²) in [6.45, 7) is 2.08. The largest absolute Gasteiger partial charge is 0.361 e. The summed E-state index contributed by atoms with van der Waals surface area (Å²) in [6.07, 6.45) is 7.36. The minimum Gasteiger partial charge on any atom is -0.361 e. The zero-order valence-corrected chi connectivity index (χ0v) is 21.1. The first-order chi connectivity index (χ1) is 18.1. The minimum atomic E-state index is -0.408. The highest BCUT2D eigenvalue weighted by atomic mass is 16.2. The van der Waals surface area contributed by atoms with E-state index < -0.39 is 6.04 Å². The normalized spacial score (nSPS) is 23.8. The smallest absolute Gasteiger partial charge is 0.254 e. The Morgan fingerprint density at radius 1 is 0.838 bits per heavy atom. The van der Waals surface area contributed by atoms with E-state index in [1.54, 1.807) is 0 Å². The van der Waals surface area contributed by atoms with Crippen molar-refractivity contribution < 1.29 is 14.4 Å². The van der Waals surface area contributed by atoms with Crippen molar-refractivity contribution in [3.63, 3.8) is 0 Å². The molecular formula is C30H34N4O3. The van der Waals surface area contributed by atoms with E-state index >= 15 is 0 Å². The van der Waals surface area contributed by atoms with Crippen molar-refractivity contribution in [2.45, 2.75) is 50.6 Å². The fraction of sp³-hybridized carbons (Fsp3) is 0.433. The number of hydrogen-bond donors (Lipinski definition) is 1.